The number of methoxy groups -OCH3 is 4. The molecule has 14 atom stereocenters. The van der Waals surface area contributed by atoms with Crippen LogP contribution >= 0.6 is 0 Å². The fourth-order valence-electron chi connectivity index (χ4n) is 14.5. The van der Waals surface area contributed by atoms with Gasteiger partial charge in [0, 0.05) is 100 Å². The molecule has 2 aromatic rings. The number of carboxylic acid groups (broad SMARTS) is 1. The van der Waals surface area contributed by atoms with Gasteiger partial charge in [-0.15, -0.1) is 0 Å². The van der Waals surface area contributed by atoms with Crippen molar-refractivity contribution >= 4 is 53.0 Å². The SMILES string of the molecule is CC(=O)O.CC[C@H](C)[C@@H]([C@@H](CC(=O)N1CCC[C@H]1[C@H](OC)[C@@H](C)C(=O)NCCc1ccccc1)OC)N(C)C(=O)[C@@H](CC(=O)C1(C)COC1)C(C)C.CC[C@H](C)[C@@H]([C@@H](CC(=O)N1CCC[C@H]1[C@H](OC)[C@@H](C)C(=O)NCCc1ccccc1)OC)N(C)C(=O)[C@@H](CC(=O)C1(N)COC1)C(C)C. The van der Waals surface area contributed by atoms with Gasteiger partial charge in [-0.3, -0.25) is 43.2 Å². The minimum Gasteiger partial charge on any atom is -0.481 e. The van der Waals surface area contributed by atoms with Gasteiger partial charge in [0.15, 0.2) is 5.78 Å². The highest BCUT2D eigenvalue weighted by molar-refractivity contribution is 5.94. The Balaban J connectivity index is 0.000000403. The third kappa shape index (κ3) is 23.9. The molecule has 4 saturated heterocycles. The number of amides is 6. The molecule has 0 saturated carbocycles. The fourth-order valence-corrected chi connectivity index (χ4v) is 14.5. The van der Waals surface area contributed by atoms with E-state index >= 15 is 0 Å². The number of nitrogens with two attached hydrogens (primary N) is 1. The summed E-state index contributed by atoms with van der Waals surface area (Å²) in [5, 5.41) is 13.5. The van der Waals surface area contributed by atoms with Crippen molar-refractivity contribution in [3.63, 3.8) is 0 Å². The van der Waals surface area contributed by atoms with Gasteiger partial charge in [0.25, 0.3) is 5.97 Å². The van der Waals surface area contributed by atoms with Crippen molar-refractivity contribution < 1.29 is 76.7 Å². The first-order valence-electron chi connectivity index (χ1n) is 36.4. The molecule has 0 radical (unpaired) electrons. The Morgan fingerprint density at radius 2 is 0.920 bits per heavy atom. The number of likely N-dealkylation sites (tertiary alicyclic amines) is 2. The van der Waals surface area contributed by atoms with Gasteiger partial charge in [0.05, 0.1) is 105 Å². The van der Waals surface area contributed by atoms with Gasteiger partial charge in [0.2, 0.25) is 35.4 Å². The molecule has 0 aliphatic carbocycles. The maximum atomic E-state index is 14.1. The van der Waals surface area contributed by atoms with Gasteiger partial charge in [-0.1, -0.05) is 143 Å². The van der Waals surface area contributed by atoms with E-state index in [9.17, 15) is 38.4 Å². The van der Waals surface area contributed by atoms with Crippen molar-refractivity contribution in [1.82, 2.24) is 30.2 Å². The Morgan fingerprint density at radius 1 is 0.570 bits per heavy atom. The predicted octanol–water partition coefficient (Wildman–Crippen LogP) is 7.85. The number of aliphatic carboxylic acids is 1. The second-order valence-corrected chi connectivity index (χ2v) is 29.4. The Kier molecular flexibility index (Phi) is 36.0. The minimum atomic E-state index is -1.03. The molecular weight excluding hydrogens is 1280 g/mol. The van der Waals surface area contributed by atoms with Crippen LogP contribution in [0, 0.1) is 52.8 Å². The van der Waals surface area contributed by atoms with E-state index in [-0.39, 0.29) is 128 Å². The number of ketones is 2. The van der Waals surface area contributed by atoms with Crippen LogP contribution < -0.4 is 16.4 Å². The number of nitrogens with zero attached hydrogens (tertiary/aromatic N) is 4. The highest BCUT2D eigenvalue weighted by Crippen LogP contribution is 2.36. The van der Waals surface area contributed by atoms with E-state index in [1.807, 2.05) is 119 Å². The van der Waals surface area contributed by atoms with Crippen molar-refractivity contribution in [3.8, 4) is 0 Å². The van der Waals surface area contributed by atoms with Crippen LogP contribution in [-0.4, -0.2) is 227 Å². The highest BCUT2D eigenvalue weighted by Gasteiger charge is 2.48. The number of carbonyl (C=O) groups excluding carboxylic acids is 8. The summed E-state index contributed by atoms with van der Waals surface area (Å²) in [6.45, 7) is 26.1. The fraction of sp³-hybridized carbons (Fsp3) is 0.727. The Hall–Kier alpha value is -6.21. The molecule has 100 heavy (non-hydrogen) atoms. The lowest BCUT2D eigenvalue weighted by Gasteiger charge is -2.41. The second-order valence-electron chi connectivity index (χ2n) is 29.4. The first kappa shape index (κ1) is 86.2. The zero-order chi connectivity index (χ0) is 74.8. The molecule has 4 fully saturated rings. The summed E-state index contributed by atoms with van der Waals surface area (Å²) in [5.41, 5.74) is 6.96. The molecule has 4 aliphatic rings. The monoisotopic (exact) mass is 1400 g/mol. The quantitative estimate of drug-likeness (QED) is 0.0497. The van der Waals surface area contributed by atoms with Crippen molar-refractivity contribution in [2.75, 3.05) is 95.1 Å². The number of carboxylic acids is 1. The molecule has 4 heterocycles. The van der Waals surface area contributed by atoms with E-state index < -0.39 is 71.1 Å². The van der Waals surface area contributed by atoms with Gasteiger partial charge in [-0.2, -0.15) is 0 Å². The summed E-state index contributed by atoms with van der Waals surface area (Å²) in [5.74, 6) is -3.62. The van der Waals surface area contributed by atoms with Gasteiger partial charge in [-0.05, 0) is 80.2 Å². The molecule has 6 rings (SSSR count). The summed E-state index contributed by atoms with van der Waals surface area (Å²) < 4.78 is 34.3. The van der Waals surface area contributed by atoms with E-state index in [4.69, 9.17) is 44.1 Å². The summed E-state index contributed by atoms with van der Waals surface area (Å²) in [7, 11) is 9.89. The molecule has 564 valence electrons. The Labute approximate surface area is 597 Å². The maximum Gasteiger partial charge on any atom is 0.300 e. The van der Waals surface area contributed by atoms with Crippen molar-refractivity contribution in [2.24, 2.45) is 58.5 Å². The lowest BCUT2D eigenvalue weighted by Crippen LogP contribution is -2.63. The molecular formula is C77H125N7O16. The van der Waals surface area contributed by atoms with Gasteiger partial charge >= 0.3 is 0 Å². The molecule has 2 aromatic carbocycles. The van der Waals surface area contributed by atoms with Crippen LogP contribution in [0.1, 0.15) is 158 Å². The summed E-state index contributed by atoms with van der Waals surface area (Å²) in [6.07, 6.45) is 4.41. The summed E-state index contributed by atoms with van der Waals surface area (Å²) >= 11 is 0. The Morgan fingerprint density at radius 3 is 1.21 bits per heavy atom. The lowest BCUT2D eigenvalue weighted by molar-refractivity contribution is -0.160. The molecule has 4 aliphatic heterocycles. The topological polar surface area (TPSA) is 292 Å². The second kappa shape index (κ2) is 41.8. The van der Waals surface area contributed by atoms with Gasteiger partial charge < -0.3 is 69.5 Å². The van der Waals surface area contributed by atoms with Gasteiger partial charge in [-0.25, -0.2) is 0 Å². The van der Waals surface area contributed by atoms with E-state index in [1.54, 1.807) is 52.3 Å². The summed E-state index contributed by atoms with van der Waals surface area (Å²) in [4.78, 5) is 125. The normalized spacial score (nSPS) is 20.4. The van der Waals surface area contributed by atoms with Crippen LogP contribution in [-0.2, 0) is 84.4 Å². The average molecular weight is 1400 g/mol. The van der Waals surface area contributed by atoms with Crippen molar-refractivity contribution in [2.45, 2.75) is 214 Å². The molecule has 23 nitrogen and oxygen atoms in total. The molecule has 5 N–H and O–H groups in total. The van der Waals surface area contributed by atoms with Crippen LogP contribution in [0.3, 0.4) is 0 Å². The molecule has 6 amide bonds. The third-order valence-corrected chi connectivity index (χ3v) is 21.5. The average Bonchev–Trinajstić information content (AvgIpc) is 1.71. The number of carbonyl (C=O) groups is 9. The molecule has 0 bridgehead atoms. The Bertz CT molecular complexity index is 2700. The largest absolute Gasteiger partial charge is 0.481 e. The first-order valence-corrected chi connectivity index (χ1v) is 36.4. The maximum absolute atomic E-state index is 14.1. The smallest absolute Gasteiger partial charge is 0.300 e. The number of rotatable bonds is 38. The van der Waals surface area contributed by atoms with E-state index in [2.05, 4.69) is 38.3 Å². The third-order valence-electron chi connectivity index (χ3n) is 21.5. The van der Waals surface area contributed by atoms with E-state index in [0.717, 1.165) is 69.4 Å². The molecule has 23 heteroatoms. The zero-order valence-corrected chi connectivity index (χ0v) is 63.6. The summed E-state index contributed by atoms with van der Waals surface area (Å²) in [6, 6.07) is 18.7. The van der Waals surface area contributed by atoms with Gasteiger partial charge in [0.1, 0.15) is 11.3 Å². The van der Waals surface area contributed by atoms with Crippen LogP contribution in [0.5, 0.6) is 0 Å². The van der Waals surface area contributed by atoms with Crippen LogP contribution in [0.4, 0.5) is 0 Å². The minimum absolute atomic E-state index is 0.0156. The lowest BCUT2D eigenvalue weighted by atomic mass is 9.77. The number of hydrogen-bond donors (Lipinski definition) is 4. The number of Topliss-reactive ketones (excluding diaryl/α,β-unsaturated/α-hetero) is 2. The number of benzene rings is 2. The van der Waals surface area contributed by atoms with Crippen LogP contribution in [0.25, 0.3) is 0 Å². The molecule has 0 unspecified atom stereocenters. The molecule has 0 aromatic heterocycles. The van der Waals surface area contributed by atoms with Crippen LogP contribution in [0.2, 0.25) is 0 Å². The van der Waals surface area contributed by atoms with E-state index in [1.165, 1.54) is 0 Å². The van der Waals surface area contributed by atoms with Crippen LogP contribution in [0.15, 0.2) is 60.7 Å². The van der Waals surface area contributed by atoms with Crippen molar-refractivity contribution in [1.29, 1.82) is 0 Å². The number of likely N-dealkylation sites (N-methyl/N-ethyl adjacent to an activating group) is 2. The zero-order valence-electron chi connectivity index (χ0n) is 63.6. The highest BCUT2D eigenvalue weighted by atomic mass is 16.5. The first-order chi connectivity index (χ1) is 47.3. The number of hydrogen-bond acceptors (Lipinski definition) is 16. The van der Waals surface area contributed by atoms with Crippen molar-refractivity contribution in [3.05, 3.63) is 71.8 Å². The van der Waals surface area contributed by atoms with E-state index in [0.29, 0.717) is 39.4 Å². The number of nitrogens with one attached hydrogen (secondary N) is 2. The molecule has 0 spiro atoms. The standard InChI is InChI=1S/C38H61N3O7.C37H60N4O7.C2H4O2/c1-10-26(4)34(40(7)37(45)29(25(2)3)21-32(42)38(6)23-48-24-38)31(46-8)22-33(43)41-20-14-17-30(41)35(47-9)27(5)36(44)39-19-18-28-15-12-11-13-16-28;1-9-25(4)33(40(6)36(45)28(24(2)3)20-31(42)37(38)22-48-23-37)30(46-7)21-32(43)41-19-13-16-29(41)34(47-8)26(5)35(44)39-18-17-27-14-11-10-12-15-27;1-2(3)4/h11-13,15-16,25-27,29-31,34-35H,10,14,17-24H2,1-9H3,(H,39,44);10-12,14-15,24-26,28-30,33-34H,9,13,16-23,38H2,1-8H3,(H,39,44);1H3,(H,3,4)/t26-,27+,29-,30-,31+,34-,35+;25-,26+,28-,29-,30+,33-,34+;/m00./s1. The predicted molar refractivity (Wildman–Crippen MR) is 384 cm³/mol. The number of ether oxygens (including phenoxy) is 6.